The first-order valence-electron chi connectivity index (χ1n) is 7.90. The van der Waals surface area contributed by atoms with Crippen molar-refractivity contribution in [2.24, 2.45) is 0 Å². The first-order chi connectivity index (χ1) is 12.8. The minimum Gasteiger partial charge on any atom is -0.382 e. The average Bonchev–Trinajstić information content (AvgIpc) is 3.04. The summed E-state index contributed by atoms with van der Waals surface area (Å²) in [4.78, 5) is 16.6. The van der Waals surface area contributed by atoms with Gasteiger partial charge in [0.2, 0.25) is 0 Å². The number of benzene rings is 2. The first-order valence-corrected chi connectivity index (χ1v) is 10.2. The van der Waals surface area contributed by atoms with Gasteiger partial charge in [-0.15, -0.1) is 0 Å². The van der Waals surface area contributed by atoms with E-state index < -0.39 is 9.84 Å². The Kier molecular flexibility index (Phi) is 4.09. The number of sulfone groups is 1. The van der Waals surface area contributed by atoms with Gasteiger partial charge in [0.1, 0.15) is 5.69 Å². The molecule has 27 heavy (non-hydrogen) atoms. The number of anilines is 1. The van der Waals surface area contributed by atoms with E-state index in [0.29, 0.717) is 22.2 Å². The molecule has 4 aromatic rings. The van der Waals surface area contributed by atoms with Crippen LogP contribution in [0.5, 0.6) is 0 Å². The van der Waals surface area contributed by atoms with Crippen LogP contribution in [0.3, 0.4) is 0 Å². The summed E-state index contributed by atoms with van der Waals surface area (Å²) in [5, 5.41) is 0.594. The maximum atomic E-state index is 11.6. The Labute approximate surface area is 160 Å². The lowest BCUT2D eigenvalue weighted by molar-refractivity contribution is 0.602. The third-order valence-corrected chi connectivity index (χ3v) is 5.41. The van der Waals surface area contributed by atoms with Crippen molar-refractivity contribution in [1.82, 2.24) is 19.9 Å². The van der Waals surface area contributed by atoms with Crippen LogP contribution in [0.15, 0.2) is 53.6 Å². The highest BCUT2D eigenvalue weighted by Gasteiger charge is 2.14. The minimum atomic E-state index is -3.26. The Morgan fingerprint density at radius 3 is 2.52 bits per heavy atom. The summed E-state index contributed by atoms with van der Waals surface area (Å²) in [5.74, 6) is 0.712. The highest BCUT2D eigenvalue weighted by molar-refractivity contribution is 7.90. The number of nitrogen functional groups attached to an aromatic ring is 1. The zero-order valence-electron chi connectivity index (χ0n) is 14.1. The van der Waals surface area contributed by atoms with Crippen molar-refractivity contribution in [2.75, 3.05) is 12.0 Å². The molecular formula is C18H14ClN5O2S. The number of H-pyrrole nitrogens is 1. The third kappa shape index (κ3) is 3.36. The fourth-order valence-corrected chi connectivity index (χ4v) is 3.48. The highest BCUT2D eigenvalue weighted by atomic mass is 35.5. The number of rotatable bonds is 3. The van der Waals surface area contributed by atoms with Crippen LogP contribution in [0.25, 0.3) is 33.8 Å². The lowest BCUT2D eigenvalue weighted by Gasteiger charge is -2.06. The van der Waals surface area contributed by atoms with Crippen molar-refractivity contribution in [2.45, 2.75) is 4.90 Å². The van der Waals surface area contributed by atoms with Gasteiger partial charge < -0.3 is 10.7 Å². The second-order valence-electron chi connectivity index (χ2n) is 6.03. The summed E-state index contributed by atoms with van der Waals surface area (Å²) < 4.78 is 23.2. The van der Waals surface area contributed by atoms with Crippen LogP contribution < -0.4 is 5.73 Å². The molecule has 0 saturated carbocycles. The molecule has 9 heteroatoms. The lowest BCUT2D eigenvalue weighted by atomic mass is 10.1. The van der Waals surface area contributed by atoms with Crippen molar-refractivity contribution in [1.29, 1.82) is 0 Å². The molecule has 3 N–H and O–H groups in total. The number of halogens is 1. The Bertz CT molecular complexity index is 1270. The van der Waals surface area contributed by atoms with E-state index in [4.69, 9.17) is 17.3 Å². The molecule has 136 valence electrons. The van der Waals surface area contributed by atoms with Crippen LogP contribution in [-0.4, -0.2) is 34.6 Å². The van der Waals surface area contributed by atoms with Crippen molar-refractivity contribution in [3.05, 3.63) is 53.7 Å². The first kappa shape index (κ1) is 17.4. The minimum absolute atomic E-state index is 0.233. The second-order valence-corrected chi connectivity index (χ2v) is 8.48. The predicted octanol–water partition coefficient (Wildman–Crippen LogP) is 3.33. The predicted molar refractivity (Wildman–Crippen MR) is 105 cm³/mol. The van der Waals surface area contributed by atoms with Crippen LogP contribution in [0.2, 0.25) is 5.02 Å². The molecule has 0 amide bonds. The van der Waals surface area contributed by atoms with Crippen molar-refractivity contribution >= 4 is 38.3 Å². The van der Waals surface area contributed by atoms with Gasteiger partial charge in [-0.1, -0.05) is 23.7 Å². The molecule has 0 bridgehead atoms. The summed E-state index contributed by atoms with van der Waals surface area (Å²) in [5.41, 5.74) is 9.17. The zero-order valence-corrected chi connectivity index (χ0v) is 15.7. The maximum absolute atomic E-state index is 11.6. The summed E-state index contributed by atoms with van der Waals surface area (Å²) in [6, 6.07) is 11.7. The van der Waals surface area contributed by atoms with Crippen LogP contribution >= 0.6 is 11.6 Å². The normalized spacial score (nSPS) is 11.8. The lowest BCUT2D eigenvalue weighted by Crippen LogP contribution is -2.00. The monoisotopic (exact) mass is 399 g/mol. The fourth-order valence-electron chi connectivity index (χ4n) is 2.68. The zero-order chi connectivity index (χ0) is 19.2. The van der Waals surface area contributed by atoms with Crippen LogP contribution in [0.1, 0.15) is 0 Å². The Morgan fingerprint density at radius 2 is 1.81 bits per heavy atom. The SMILES string of the molecule is CS(=O)(=O)c1ccc(-c2cnc(N)c(-c3nc4ccc(Cl)cc4[nH]3)n2)cc1. The van der Waals surface area contributed by atoms with E-state index in [1.165, 1.54) is 18.3 Å². The Balaban J connectivity index is 1.79. The molecule has 4 rings (SSSR count). The number of hydrogen-bond acceptors (Lipinski definition) is 6. The summed E-state index contributed by atoms with van der Waals surface area (Å²) in [6.07, 6.45) is 2.70. The highest BCUT2D eigenvalue weighted by Crippen LogP contribution is 2.27. The molecule has 0 unspecified atom stereocenters. The number of fused-ring (bicyclic) bond motifs is 1. The van der Waals surface area contributed by atoms with Crippen molar-refractivity contribution in [3.8, 4) is 22.8 Å². The molecule has 0 aliphatic rings. The van der Waals surface area contributed by atoms with Gasteiger partial charge in [0, 0.05) is 16.8 Å². The van der Waals surface area contributed by atoms with Gasteiger partial charge in [0.25, 0.3) is 0 Å². The number of nitrogens with two attached hydrogens (primary N) is 1. The molecule has 7 nitrogen and oxygen atoms in total. The van der Waals surface area contributed by atoms with Gasteiger partial charge in [-0.05, 0) is 30.3 Å². The van der Waals surface area contributed by atoms with Gasteiger partial charge in [0.15, 0.2) is 21.5 Å². The van der Waals surface area contributed by atoms with Gasteiger partial charge in [-0.3, -0.25) is 0 Å². The van der Waals surface area contributed by atoms with E-state index >= 15 is 0 Å². The molecule has 0 fully saturated rings. The van der Waals surface area contributed by atoms with E-state index in [9.17, 15) is 8.42 Å². The maximum Gasteiger partial charge on any atom is 0.175 e. The molecule has 0 atom stereocenters. The number of hydrogen-bond donors (Lipinski definition) is 2. The molecule has 2 aromatic heterocycles. The van der Waals surface area contributed by atoms with E-state index in [1.807, 2.05) is 0 Å². The van der Waals surface area contributed by atoms with Crippen molar-refractivity contribution < 1.29 is 8.42 Å². The van der Waals surface area contributed by atoms with Gasteiger partial charge in [-0.25, -0.2) is 23.4 Å². The smallest absolute Gasteiger partial charge is 0.175 e. The number of nitrogens with zero attached hydrogens (tertiary/aromatic N) is 3. The molecule has 0 aliphatic heterocycles. The number of nitrogens with one attached hydrogen (secondary N) is 1. The van der Waals surface area contributed by atoms with E-state index in [0.717, 1.165) is 22.9 Å². The molecule has 2 aromatic carbocycles. The third-order valence-electron chi connectivity index (χ3n) is 4.05. The summed E-state index contributed by atoms with van der Waals surface area (Å²) in [7, 11) is -3.26. The van der Waals surface area contributed by atoms with Gasteiger partial charge >= 0.3 is 0 Å². The molecule has 0 saturated heterocycles. The van der Waals surface area contributed by atoms with Gasteiger partial charge in [-0.2, -0.15) is 0 Å². The Morgan fingerprint density at radius 1 is 1.07 bits per heavy atom. The van der Waals surface area contributed by atoms with E-state index in [1.54, 1.807) is 30.3 Å². The van der Waals surface area contributed by atoms with Crippen LogP contribution in [0, 0.1) is 0 Å². The standard InChI is InChI=1S/C18H14ClN5O2S/c1-27(25,26)12-5-2-10(3-6-12)15-9-21-17(20)16(22-15)18-23-13-7-4-11(19)8-14(13)24-18/h2-9H,1H3,(H2,20,21)(H,23,24). The topological polar surface area (TPSA) is 115 Å². The number of imidazole rings is 1. The van der Waals surface area contributed by atoms with Crippen LogP contribution in [0.4, 0.5) is 5.82 Å². The molecule has 0 radical (unpaired) electrons. The van der Waals surface area contributed by atoms with Crippen LogP contribution in [-0.2, 0) is 9.84 Å². The largest absolute Gasteiger partial charge is 0.382 e. The van der Waals surface area contributed by atoms with Crippen molar-refractivity contribution in [3.63, 3.8) is 0 Å². The van der Waals surface area contributed by atoms with Gasteiger partial charge in [0.05, 0.1) is 27.8 Å². The number of aromatic amines is 1. The molecule has 0 aliphatic carbocycles. The summed E-state index contributed by atoms with van der Waals surface area (Å²) in [6.45, 7) is 0. The van der Waals surface area contributed by atoms with E-state index in [-0.39, 0.29) is 10.7 Å². The van der Waals surface area contributed by atoms with E-state index in [2.05, 4.69) is 19.9 Å². The molecular weight excluding hydrogens is 386 g/mol. The fraction of sp³-hybridized carbons (Fsp3) is 0.0556. The quantitative estimate of drug-likeness (QED) is 0.546. The molecule has 0 spiro atoms. The number of aromatic nitrogens is 4. The second kappa shape index (κ2) is 6.33. The molecule has 2 heterocycles. The Hall–Kier alpha value is -2.97. The summed E-state index contributed by atoms with van der Waals surface area (Å²) >= 11 is 6.01. The average molecular weight is 400 g/mol.